The molecule has 1 aliphatic heterocycles. The number of nitrogens with zero attached hydrogens (tertiary/aromatic N) is 1. The van der Waals surface area contributed by atoms with E-state index >= 15 is 0 Å². The molecule has 1 aromatic rings. The van der Waals surface area contributed by atoms with Gasteiger partial charge in [0.1, 0.15) is 0 Å². The largest absolute Gasteiger partial charge is 0.398 e. The molecule has 5 heteroatoms. The number of hydrogen-bond donors (Lipinski definition) is 2. The van der Waals surface area contributed by atoms with Crippen molar-refractivity contribution in [1.29, 1.82) is 0 Å². The van der Waals surface area contributed by atoms with Crippen LogP contribution in [0.5, 0.6) is 0 Å². The standard InChI is InChI=1S/C16H24ClN3O/c1-19-6-5-13-14(17)9-12(10-15(13)18)16(21)11-20-7-3-2-4-8-20/h9-10,19H,2-8,11,18H2,1H3. The highest BCUT2D eigenvalue weighted by atomic mass is 35.5. The van der Waals surface area contributed by atoms with Gasteiger partial charge in [-0.15, -0.1) is 0 Å². The van der Waals surface area contributed by atoms with E-state index in [0.29, 0.717) is 22.8 Å². The van der Waals surface area contributed by atoms with Crippen LogP contribution in [0.25, 0.3) is 0 Å². The summed E-state index contributed by atoms with van der Waals surface area (Å²) in [6.45, 7) is 3.29. The van der Waals surface area contributed by atoms with Crippen molar-refractivity contribution < 1.29 is 4.79 Å². The van der Waals surface area contributed by atoms with E-state index in [1.807, 2.05) is 7.05 Å². The summed E-state index contributed by atoms with van der Waals surface area (Å²) in [6.07, 6.45) is 4.39. The zero-order valence-electron chi connectivity index (χ0n) is 12.6. The molecule has 1 aromatic carbocycles. The van der Waals surface area contributed by atoms with Gasteiger partial charge in [-0.25, -0.2) is 0 Å². The van der Waals surface area contributed by atoms with Crippen LogP contribution >= 0.6 is 11.6 Å². The number of likely N-dealkylation sites (N-methyl/N-ethyl adjacent to an activating group) is 1. The molecule has 0 amide bonds. The Morgan fingerprint density at radius 1 is 1.33 bits per heavy atom. The molecule has 1 aliphatic rings. The molecule has 1 heterocycles. The third kappa shape index (κ3) is 4.43. The van der Waals surface area contributed by atoms with Gasteiger partial charge in [0, 0.05) is 16.3 Å². The van der Waals surface area contributed by atoms with Gasteiger partial charge in [-0.2, -0.15) is 0 Å². The zero-order valence-corrected chi connectivity index (χ0v) is 13.4. The van der Waals surface area contributed by atoms with E-state index in [9.17, 15) is 4.79 Å². The fourth-order valence-corrected chi connectivity index (χ4v) is 3.07. The zero-order chi connectivity index (χ0) is 15.2. The number of nitrogens with two attached hydrogens (primary N) is 1. The second-order valence-electron chi connectivity index (χ2n) is 5.64. The number of benzene rings is 1. The van der Waals surface area contributed by atoms with Gasteiger partial charge in [0.2, 0.25) is 0 Å². The first-order valence-electron chi connectivity index (χ1n) is 7.60. The van der Waals surface area contributed by atoms with Crippen LogP contribution < -0.4 is 11.1 Å². The third-order valence-corrected chi connectivity index (χ3v) is 4.33. The van der Waals surface area contributed by atoms with E-state index in [0.717, 1.165) is 31.6 Å². The Morgan fingerprint density at radius 3 is 2.67 bits per heavy atom. The summed E-state index contributed by atoms with van der Waals surface area (Å²) < 4.78 is 0. The maximum atomic E-state index is 12.4. The fourth-order valence-electron chi connectivity index (χ4n) is 2.74. The third-order valence-electron chi connectivity index (χ3n) is 3.99. The highest BCUT2D eigenvalue weighted by Gasteiger charge is 2.17. The highest BCUT2D eigenvalue weighted by Crippen LogP contribution is 2.25. The smallest absolute Gasteiger partial charge is 0.176 e. The molecule has 0 spiro atoms. The van der Waals surface area contributed by atoms with Crippen molar-refractivity contribution in [3.8, 4) is 0 Å². The van der Waals surface area contributed by atoms with Crippen LogP contribution in [0.4, 0.5) is 5.69 Å². The summed E-state index contributed by atoms with van der Waals surface area (Å²) in [5.74, 6) is 0.102. The Morgan fingerprint density at radius 2 is 2.05 bits per heavy atom. The number of hydrogen-bond acceptors (Lipinski definition) is 4. The van der Waals surface area contributed by atoms with E-state index in [4.69, 9.17) is 17.3 Å². The van der Waals surface area contributed by atoms with Gasteiger partial charge in [-0.05, 0) is 63.6 Å². The van der Waals surface area contributed by atoms with Gasteiger partial charge < -0.3 is 11.1 Å². The predicted octanol–water partition coefficient (Wildman–Crippen LogP) is 2.35. The minimum absolute atomic E-state index is 0.102. The number of rotatable bonds is 6. The average molecular weight is 310 g/mol. The first-order valence-corrected chi connectivity index (χ1v) is 7.97. The summed E-state index contributed by atoms with van der Waals surface area (Å²) >= 11 is 6.28. The molecule has 1 fully saturated rings. The van der Waals surface area contributed by atoms with Crippen molar-refractivity contribution in [1.82, 2.24) is 10.2 Å². The maximum Gasteiger partial charge on any atom is 0.176 e. The molecular weight excluding hydrogens is 286 g/mol. The van der Waals surface area contributed by atoms with E-state index in [1.54, 1.807) is 12.1 Å². The Kier molecular flexibility index (Phi) is 6.03. The monoisotopic (exact) mass is 309 g/mol. The number of likely N-dealkylation sites (tertiary alicyclic amines) is 1. The Labute approximate surface area is 131 Å². The van der Waals surface area contributed by atoms with Gasteiger partial charge in [-0.3, -0.25) is 9.69 Å². The second-order valence-corrected chi connectivity index (χ2v) is 6.05. The lowest BCUT2D eigenvalue weighted by Gasteiger charge is -2.25. The molecule has 0 radical (unpaired) electrons. The van der Waals surface area contributed by atoms with Crippen LogP contribution in [0.2, 0.25) is 5.02 Å². The van der Waals surface area contributed by atoms with Crippen LogP contribution in [-0.4, -0.2) is 43.9 Å². The summed E-state index contributed by atoms with van der Waals surface area (Å²) in [7, 11) is 1.89. The Hall–Kier alpha value is -1.10. The Balaban J connectivity index is 2.07. The molecule has 1 saturated heterocycles. The van der Waals surface area contributed by atoms with Crippen LogP contribution in [0.15, 0.2) is 12.1 Å². The molecule has 4 nitrogen and oxygen atoms in total. The number of Topliss-reactive ketones (excluding diaryl/α,β-unsaturated/α-hetero) is 1. The van der Waals surface area contributed by atoms with E-state index in [1.165, 1.54) is 19.3 Å². The van der Waals surface area contributed by atoms with Gasteiger partial charge in [-0.1, -0.05) is 18.0 Å². The summed E-state index contributed by atoms with van der Waals surface area (Å²) in [5, 5.41) is 3.66. The number of halogens is 1. The Bertz CT molecular complexity index is 475. The first-order chi connectivity index (χ1) is 10.1. The lowest BCUT2D eigenvalue weighted by Crippen LogP contribution is -2.34. The number of piperidine rings is 1. The molecule has 3 N–H and O–H groups in total. The van der Waals surface area contributed by atoms with Gasteiger partial charge in [0.05, 0.1) is 6.54 Å². The van der Waals surface area contributed by atoms with Crippen LogP contribution in [0.3, 0.4) is 0 Å². The molecule has 21 heavy (non-hydrogen) atoms. The maximum absolute atomic E-state index is 12.4. The van der Waals surface area contributed by atoms with Crippen molar-refractivity contribution in [3.05, 3.63) is 28.3 Å². The lowest BCUT2D eigenvalue weighted by atomic mass is 10.0. The van der Waals surface area contributed by atoms with Crippen LogP contribution in [-0.2, 0) is 6.42 Å². The summed E-state index contributed by atoms with van der Waals surface area (Å²) in [4.78, 5) is 14.6. The predicted molar refractivity (Wildman–Crippen MR) is 88.1 cm³/mol. The topological polar surface area (TPSA) is 58.4 Å². The summed E-state index contributed by atoms with van der Waals surface area (Å²) in [6, 6.07) is 3.53. The molecule has 116 valence electrons. The second kappa shape index (κ2) is 7.78. The quantitative estimate of drug-likeness (QED) is 0.625. The molecule has 2 rings (SSSR count). The molecular formula is C16H24ClN3O. The van der Waals surface area contributed by atoms with Crippen molar-refractivity contribution in [2.45, 2.75) is 25.7 Å². The number of carbonyl (C=O) groups is 1. The van der Waals surface area contributed by atoms with Crippen LogP contribution in [0.1, 0.15) is 35.2 Å². The number of nitrogens with one attached hydrogen (secondary N) is 1. The molecule has 0 aromatic heterocycles. The van der Waals surface area contributed by atoms with Crippen LogP contribution in [0, 0.1) is 0 Å². The number of carbonyl (C=O) groups excluding carboxylic acids is 1. The van der Waals surface area contributed by atoms with Crippen molar-refractivity contribution >= 4 is 23.1 Å². The minimum atomic E-state index is 0.102. The molecule has 0 bridgehead atoms. The van der Waals surface area contributed by atoms with Gasteiger partial charge in [0.15, 0.2) is 5.78 Å². The molecule has 0 atom stereocenters. The normalized spacial score (nSPS) is 16.1. The number of ketones is 1. The van der Waals surface area contributed by atoms with Crippen molar-refractivity contribution in [3.63, 3.8) is 0 Å². The van der Waals surface area contributed by atoms with Crippen molar-refractivity contribution in [2.75, 3.05) is 39.0 Å². The SMILES string of the molecule is CNCCc1c(N)cc(C(=O)CN2CCCCC2)cc1Cl. The van der Waals surface area contributed by atoms with Gasteiger partial charge in [0.25, 0.3) is 0 Å². The molecule has 0 aliphatic carbocycles. The van der Waals surface area contributed by atoms with E-state index < -0.39 is 0 Å². The minimum Gasteiger partial charge on any atom is -0.398 e. The van der Waals surface area contributed by atoms with Gasteiger partial charge >= 0.3 is 0 Å². The lowest BCUT2D eigenvalue weighted by molar-refractivity contribution is 0.0915. The fraction of sp³-hybridized carbons (Fsp3) is 0.562. The van der Waals surface area contributed by atoms with E-state index in [-0.39, 0.29) is 5.78 Å². The van der Waals surface area contributed by atoms with E-state index in [2.05, 4.69) is 10.2 Å². The molecule has 0 unspecified atom stereocenters. The average Bonchev–Trinajstić information content (AvgIpc) is 2.47. The number of anilines is 1. The first kappa shape index (κ1) is 16.3. The number of nitrogen functional groups attached to an aromatic ring is 1. The highest BCUT2D eigenvalue weighted by molar-refractivity contribution is 6.32. The molecule has 0 saturated carbocycles. The summed E-state index contributed by atoms with van der Waals surface area (Å²) in [5.41, 5.74) is 8.21. The van der Waals surface area contributed by atoms with Crippen molar-refractivity contribution in [2.24, 2.45) is 0 Å².